The molecule has 0 unspecified atom stereocenters. The number of hydrogen-bond donors (Lipinski definition) is 4. The van der Waals surface area contributed by atoms with Gasteiger partial charge in [0.25, 0.3) is 0 Å². The van der Waals surface area contributed by atoms with Gasteiger partial charge in [0.05, 0.1) is 18.3 Å². The van der Waals surface area contributed by atoms with Crippen molar-refractivity contribution in [2.24, 2.45) is 34.0 Å². The molecule has 4 saturated carbocycles. The molecule has 1 saturated heterocycles. The van der Waals surface area contributed by atoms with Crippen LogP contribution in [0.3, 0.4) is 0 Å². The monoisotopic (exact) mass is 438 g/mol. The molecule has 178 valence electrons. The van der Waals surface area contributed by atoms with Crippen molar-refractivity contribution in [2.75, 3.05) is 6.61 Å². The molecule has 0 aromatic heterocycles. The summed E-state index contributed by atoms with van der Waals surface area (Å²) in [6.45, 7) is 9.02. The number of fused-ring (bicyclic) bond motifs is 2. The Balaban J connectivity index is 1.40. The topological polar surface area (TPSA) is 99.4 Å². The predicted molar refractivity (Wildman–Crippen MR) is 115 cm³/mol. The highest BCUT2D eigenvalue weighted by atomic mass is 16.7. The molecule has 2 bridgehead atoms. The van der Waals surface area contributed by atoms with Gasteiger partial charge in [-0.25, -0.2) is 0 Å². The van der Waals surface area contributed by atoms with Gasteiger partial charge in [-0.05, 0) is 92.3 Å². The van der Waals surface area contributed by atoms with E-state index in [4.69, 9.17) is 9.47 Å². The van der Waals surface area contributed by atoms with Crippen molar-refractivity contribution in [2.45, 2.75) is 115 Å². The number of ether oxygens (including phenoxy) is 2. The quantitative estimate of drug-likeness (QED) is 0.541. The summed E-state index contributed by atoms with van der Waals surface area (Å²) >= 11 is 0. The molecule has 4 aliphatic carbocycles. The molecule has 0 aromatic rings. The Hall–Kier alpha value is -0.240. The van der Waals surface area contributed by atoms with Crippen LogP contribution in [0.1, 0.15) is 79.1 Å². The Morgan fingerprint density at radius 2 is 1.65 bits per heavy atom. The number of aliphatic hydroxyl groups excluding tert-OH is 4. The Bertz CT molecular complexity index is 712. The number of rotatable bonds is 3. The summed E-state index contributed by atoms with van der Waals surface area (Å²) in [4.78, 5) is 0. The Kier molecular flexibility index (Phi) is 5.19. The minimum absolute atomic E-state index is 0.148. The maximum atomic E-state index is 10.8. The second-order valence-electron chi connectivity index (χ2n) is 12.7. The average molecular weight is 439 g/mol. The van der Waals surface area contributed by atoms with Crippen LogP contribution >= 0.6 is 0 Å². The van der Waals surface area contributed by atoms with Crippen molar-refractivity contribution in [1.82, 2.24) is 0 Å². The van der Waals surface area contributed by atoms with Crippen molar-refractivity contribution in [1.29, 1.82) is 0 Å². The van der Waals surface area contributed by atoms with Crippen molar-refractivity contribution < 1.29 is 29.9 Å². The lowest BCUT2D eigenvalue weighted by Crippen LogP contribution is -2.60. The molecule has 1 heterocycles. The minimum atomic E-state index is -1.13. The highest BCUT2D eigenvalue weighted by Gasteiger charge is 2.69. The van der Waals surface area contributed by atoms with Crippen LogP contribution in [0, 0.1) is 34.0 Å². The van der Waals surface area contributed by atoms with E-state index in [1.807, 2.05) is 0 Å². The molecule has 11 atom stereocenters. The second kappa shape index (κ2) is 7.13. The van der Waals surface area contributed by atoms with Gasteiger partial charge < -0.3 is 29.9 Å². The summed E-state index contributed by atoms with van der Waals surface area (Å²) < 4.78 is 12.1. The molecule has 0 amide bonds. The maximum absolute atomic E-state index is 10.8. The van der Waals surface area contributed by atoms with Crippen molar-refractivity contribution in [3.63, 3.8) is 0 Å². The molecule has 5 fully saturated rings. The zero-order valence-corrected chi connectivity index (χ0v) is 19.6. The first-order chi connectivity index (χ1) is 14.5. The van der Waals surface area contributed by atoms with Gasteiger partial charge in [0.1, 0.15) is 18.3 Å². The summed E-state index contributed by atoms with van der Waals surface area (Å²) in [6.07, 6.45) is 4.39. The van der Waals surface area contributed by atoms with E-state index in [9.17, 15) is 20.4 Å². The van der Waals surface area contributed by atoms with Gasteiger partial charge in [0.2, 0.25) is 0 Å². The summed E-state index contributed by atoms with van der Waals surface area (Å²) in [5.74, 6) is 1.68. The first kappa shape index (κ1) is 22.5. The van der Waals surface area contributed by atoms with Crippen molar-refractivity contribution >= 4 is 0 Å². The molecule has 1 aliphatic heterocycles. The molecule has 6 heteroatoms. The third kappa shape index (κ3) is 3.05. The molecule has 0 radical (unpaired) electrons. The van der Waals surface area contributed by atoms with E-state index in [2.05, 4.69) is 27.7 Å². The molecular weight excluding hydrogens is 396 g/mol. The van der Waals surface area contributed by atoms with Gasteiger partial charge >= 0.3 is 0 Å². The van der Waals surface area contributed by atoms with Crippen LogP contribution in [0.15, 0.2) is 0 Å². The third-order valence-corrected chi connectivity index (χ3v) is 10.9. The first-order valence-corrected chi connectivity index (χ1v) is 12.4. The number of hydrogen-bond acceptors (Lipinski definition) is 6. The molecule has 6 nitrogen and oxygen atoms in total. The molecule has 0 aromatic carbocycles. The SMILES string of the molecule is CC1(C)C[C@H](O)C[C@@]2(C)[C@H]1CC[C@H]1C[C@H]3C[C@]12CC[C@]3(C)O[C@H]1O[C@@H](CO)[C@H](O)[C@@H]1O. The summed E-state index contributed by atoms with van der Waals surface area (Å²) in [5.41, 5.74) is 0.158. The maximum Gasteiger partial charge on any atom is 0.187 e. The Morgan fingerprint density at radius 3 is 2.32 bits per heavy atom. The first-order valence-electron chi connectivity index (χ1n) is 12.4. The van der Waals surface area contributed by atoms with E-state index in [0.717, 1.165) is 38.5 Å². The van der Waals surface area contributed by atoms with Gasteiger partial charge in [0.15, 0.2) is 6.29 Å². The molecular formula is C25H42O6. The van der Waals surface area contributed by atoms with E-state index < -0.39 is 30.2 Å². The highest BCUT2D eigenvalue weighted by Crippen LogP contribution is 2.75. The van der Waals surface area contributed by atoms with Gasteiger partial charge in [0, 0.05) is 0 Å². The lowest BCUT2D eigenvalue weighted by molar-refractivity contribution is -0.255. The Morgan fingerprint density at radius 1 is 0.903 bits per heavy atom. The largest absolute Gasteiger partial charge is 0.394 e. The zero-order chi connectivity index (χ0) is 22.4. The normalized spacial score (nSPS) is 58.1. The van der Waals surface area contributed by atoms with Gasteiger partial charge in [-0.1, -0.05) is 20.8 Å². The molecule has 5 aliphatic rings. The standard InChI is InChI=1S/C25H42O6/c1-22(2)11-16(27)12-23(3)18(22)6-5-14-9-15-10-25(14,23)8-7-24(15,4)31-21-20(29)19(28)17(13-26)30-21/h14-21,26-29H,5-13H2,1-4H3/t14-,15-,16-,17-,18-,19-,20-,21+,23-,24-,25+/m0/s1. The van der Waals surface area contributed by atoms with Gasteiger partial charge in [-0.2, -0.15) is 0 Å². The van der Waals surface area contributed by atoms with E-state index in [1.54, 1.807) is 0 Å². The third-order valence-electron chi connectivity index (χ3n) is 10.9. The smallest absolute Gasteiger partial charge is 0.187 e. The van der Waals surface area contributed by atoms with Crippen LogP contribution in [0.2, 0.25) is 0 Å². The number of aliphatic hydroxyl groups is 4. The molecule has 1 spiro atoms. The van der Waals surface area contributed by atoms with E-state index in [0.29, 0.717) is 17.8 Å². The van der Waals surface area contributed by atoms with Crippen LogP contribution in [-0.4, -0.2) is 63.3 Å². The van der Waals surface area contributed by atoms with Crippen LogP contribution < -0.4 is 0 Å². The van der Waals surface area contributed by atoms with Crippen LogP contribution in [-0.2, 0) is 9.47 Å². The van der Waals surface area contributed by atoms with Crippen LogP contribution in [0.25, 0.3) is 0 Å². The average Bonchev–Trinajstić information content (AvgIpc) is 3.16. The van der Waals surface area contributed by atoms with E-state index in [-0.39, 0.29) is 29.0 Å². The molecule has 5 rings (SSSR count). The highest BCUT2D eigenvalue weighted by molar-refractivity contribution is 5.18. The van der Waals surface area contributed by atoms with Gasteiger partial charge in [-0.15, -0.1) is 0 Å². The van der Waals surface area contributed by atoms with Gasteiger partial charge in [-0.3, -0.25) is 0 Å². The fourth-order valence-electron chi connectivity index (χ4n) is 9.41. The summed E-state index contributed by atoms with van der Waals surface area (Å²) in [6, 6.07) is 0. The van der Waals surface area contributed by atoms with Crippen LogP contribution in [0.5, 0.6) is 0 Å². The molecule has 4 N–H and O–H groups in total. The van der Waals surface area contributed by atoms with E-state index >= 15 is 0 Å². The minimum Gasteiger partial charge on any atom is -0.394 e. The zero-order valence-electron chi connectivity index (χ0n) is 19.6. The fourth-order valence-corrected chi connectivity index (χ4v) is 9.41. The lowest BCUT2D eigenvalue weighted by atomic mass is 9.39. The van der Waals surface area contributed by atoms with Crippen LogP contribution in [0.4, 0.5) is 0 Å². The lowest BCUT2D eigenvalue weighted by Gasteiger charge is -2.66. The second-order valence-corrected chi connectivity index (χ2v) is 12.7. The molecule has 31 heavy (non-hydrogen) atoms. The van der Waals surface area contributed by atoms with E-state index in [1.165, 1.54) is 12.8 Å². The summed E-state index contributed by atoms with van der Waals surface area (Å²) in [7, 11) is 0. The Labute approximate surface area is 186 Å². The summed E-state index contributed by atoms with van der Waals surface area (Å²) in [5, 5.41) is 40.8. The fraction of sp³-hybridized carbons (Fsp3) is 1.00. The van der Waals surface area contributed by atoms with Crippen molar-refractivity contribution in [3.8, 4) is 0 Å². The van der Waals surface area contributed by atoms with Crippen molar-refractivity contribution in [3.05, 3.63) is 0 Å². The predicted octanol–water partition coefficient (Wildman–Crippen LogP) is 2.60.